The molecule has 0 radical (unpaired) electrons. The van der Waals surface area contributed by atoms with Crippen LogP contribution in [0, 0.1) is 17.8 Å². The number of hydrogen-bond donors (Lipinski definition) is 2. The second-order valence-electron chi connectivity index (χ2n) is 10.9. The van der Waals surface area contributed by atoms with E-state index in [-0.39, 0.29) is 35.7 Å². The molecule has 9 nitrogen and oxygen atoms in total. The van der Waals surface area contributed by atoms with Crippen LogP contribution >= 0.6 is 11.8 Å². The van der Waals surface area contributed by atoms with E-state index in [0.717, 1.165) is 41.9 Å². The quantitative estimate of drug-likeness (QED) is 0.502. The number of morpholine rings is 1. The molecule has 1 aliphatic heterocycles. The van der Waals surface area contributed by atoms with Crippen molar-refractivity contribution < 1.29 is 23.6 Å². The highest BCUT2D eigenvalue weighted by molar-refractivity contribution is 7.99. The molecular formula is C27H34N4O5S. The molecule has 3 amide bonds. The van der Waals surface area contributed by atoms with Crippen LogP contribution in [0.5, 0.6) is 5.88 Å². The minimum Gasteiger partial charge on any atom is -0.473 e. The molecule has 0 unspecified atom stereocenters. The number of aromatic nitrogens is 1. The molecule has 1 saturated heterocycles. The molecule has 2 aromatic rings. The number of nitrogens with zero attached hydrogens (tertiary/aromatic N) is 2. The standard InChI is InChI=1S/C27H34N4O5S/c32-24(29-27-15-18-12-19(16-27)14-20(13-18)17-27)22-23(37-21-4-2-1-3-5-21)25(30-36-22)35-9-6-28-26(33)31-7-10-34-11-8-31/h1-5,18-20H,6-17H2,(H,28,33)(H,29,32). The molecule has 4 aliphatic carbocycles. The van der Waals surface area contributed by atoms with E-state index in [0.29, 0.717) is 37.7 Å². The summed E-state index contributed by atoms with van der Waals surface area (Å²) in [6.45, 7) is 2.79. The van der Waals surface area contributed by atoms with Crippen LogP contribution in [-0.4, -0.2) is 67.0 Å². The van der Waals surface area contributed by atoms with E-state index in [2.05, 4.69) is 15.8 Å². The molecule has 2 heterocycles. The molecule has 5 aliphatic rings. The Morgan fingerprint density at radius 2 is 1.73 bits per heavy atom. The van der Waals surface area contributed by atoms with Crippen molar-refractivity contribution >= 4 is 23.7 Å². The van der Waals surface area contributed by atoms with E-state index in [1.54, 1.807) is 4.90 Å². The zero-order valence-corrected chi connectivity index (χ0v) is 21.8. The van der Waals surface area contributed by atoms with Crippen LogP contribution in [0.25, 0.3) is 0 Å². The molecular weight excluding hydrogens is 492 g/mol. The maximum Gasteiger partial charge on any atom is 0.317 e. The third kappa shape index (κ3) is 5.45. The van der Waals surface area contributed by atoms with Crippen LogP contribution in [0.4, 0.5) is 4.79 Å². The van der Waals surface area contributed by atoms with Crippen LogP contribution in [0.1, 0.15) is 49.1 Å². The molecule has 5 fully saturated rings. The first-order valence-electron chi connectivity index (χ1n) is 13.4. The molecule has 1 aromatic heterocycles. The minimum atomic E-state index is -0.219. The van der Waals surface area contributed by atoms with Crippen molar-refractivity contribution in [1.82, 2.24) is 20.7 Å². The first kappa shape index (κ1) is 24.6. The number of rotatable bonds is 8. The second kappa shape index (κ2) is 10.6. The zero-order valence-electron chi connectivity index (χ0n) is 20.9. The number of amides is 3. The number of urea groups is 1. The normalized spacial score (nSPS) is 28.2. The van der Waals surface area contributed by atoms with Gasteiger partial charge in [0.2, 0.25) is 5.76 Å². The maximum absolute atomic E-state index is 13.6. The number of nitrogens with one attached hydrogen (secondary N) is 2. The third-order valence-electron chi connectivity index (χ3n) is 8.12. The largest absolute Gasteiger partial charge is 0.473 e. The summed E-state index contributed by atoms with van der Waals surface area (Å²) < 4.78 is 16.8. The molecule has 10 heteroatoms. The van der Waals surface area contributed by atoms with Crippen molar-refractivity contribution in [1.29, 1.82) is 0 Å². The van der Waals surface area contributed by atoms with Gasteiger partial charge in [0, 0.05) is 23.5 Å². The molecule has 4 bridgehead atoms. The number of hydrogen-bond acceptors (Lipinski definition) is 7. The highest BCUT2D eigenvalue weighted by atomic mass is 32.2. The predicted molar refractivity (Wildman–Crippen MR) is 137 cm³/mol. The van der Waals surface area contributed by atoms with Gasteiger partial charge in [-0.25, -0.2) is 4.79 Å². The predicted octanol–water partition coefficient (Wildman–Crippen LogP) is 3.95. The van der Waals surface area contributed by atoms with Crippen molar-refractivity contribution in [3.63, 3.8) is 0 Å². The summed E-state index contributed by atoms with van der Waals surface area (Å²) in [5.41, 5.74) is -0.127. The van der Waals surface area contributed by atoms with Gasteiger partial charge >= 0.3 is 6.03 Å². The number of benzene rings is 1. The van der Waals surface area contributed by atoms with E-state index in [9.17, 15) is 9.59 Å². The summed E-state index contributed by atoms with van der Waals surface area (Å²) in [7, 11) is 0. The second-order valence-corrected chi connectivity index (χ2v) is 12.0. The highest BCUT2D eigenvalue weighted by Gasteiger charge is 2.52. The summed E-state index contributed by atoms with van der Waals surface area (Å²) in [5.74, 6) is 2.42. The number of carbonyl (C=O) groups is 2. The van der Waals surface area contributed by atoms with Crippen molar-refractivity contribution in [2.24, 2.45) is 17.8 Å². The molecule has 4 saturated carbocycles. The van der Waals surface area contributed by atoms with Gasteiger partial charge in [-0.1, -0.05) is 30.0 Å². The van der Waals surface area contributed by atoms with Gasteiger partial charge in [0.25, 0.3) is 11.8 Å². The van der Waals surface area contributed by atoms with Crippen LogP contribution < -0.4 is 15.4 Å². The first-order chi connectivity index (χ1) is 18.1. The molecule has 198 valence electrons. The van der Waals surface area contributed by atoms with Gasteiger partial charge in [-0.2, -0.15) is 0 Å². The lowest BCUT2D eigenvalue weighted by Crippen LogP contribution is -2.59. The van der Waals surface area contributed by atoms with Gasteiger partial charge in [0.1, 0.15) is 11.5 Å². The lowest BCUT2D eigenvalue weighted by molar-refractivity contribution is -0.0173. The third-order valence-corrected chi connectivity index (χ3v) is 9.19. The Balaban J connectivity index is 1.13. The monoisotopic (exact) mass is 526 g/mol. The summed E-state index contributed by atoms with van der Waals surface area (Å²) >= 11 is 1.40. The lowest BCUT2D eigenvalue weighted by atomic mass is 9.53. The van der Waals surface area contributed by atoms with E-state index >= 15 is 0 Å². The summed E-state index contributed by atoms with van der Waals surface area (Å²) in [6, 6.07) is 9.67. The van der Waals surface area contributed by atoms with E-state index in [1.165, 1.54) is 31.0 Å². The van der Waals surface area contributed by atoms with Gasteiger partial charge in [0.15, 0.2) is 0 Å². The van der Waals surface area contributed by atoms with Crippen molar-refractivity contribution in [3.8, 4) is 5.88 Å². The van der Waals surface area contributed by atoms with Gasteiger partial charge < -0.3 is 29.5 Å². The summed E-state index contributed by atoms with van der Waals surface area (Å²) in [6.07, 6.45) is 7.12. The molecule has 7 rings (SSSR count). The maximum atomic E-state index is 13.6. The van der Waals surface area contributed by atoms with Crippen molar-refractivity contribution in [2.75, 3.05) is 39.5 Å². The van der Waals surface area contributed by atoms with Gasteiger partial charge in [-0.3, -0.25) is 4.79 Å². The average molecular weight is 527 g/mol. The van der Waals surface area contributed by atoms with Gasteiger partial charge in [-0.05, 0) is 73.6 Å². The Kier molecular flexibility index (Phi) is 7.03. The molecule has 37 heavy (non-hydrogen) atoms. The molecule has 0 spiro atoms. The number of carbonyl (C=O) groups excluding carboxylic acids is 2. The Hall–Kier alpha value is -2.72. The lowest BCUT2D eigenvalue weighted by Gasteiger charge is -2.56. The van der Waals surface area contributed by atoms with Crippen LogP contribution in [0.3, 0.4) is 0 Å². The average Bonchev–Trinajstić information content (AvgIpc) is 3.29. The number of ether oxygens (including phenoxy) is 2. The smallest absolute Gasteiger partial charge is 0.317 e. The Labute approximate surface area is 221 Å². The fraction of sp³-hybridized carbons (Fsp3) is 0.593. The summed E-state index contributed by atoms with van der Waals surface area (Å²) in [5, 5.41) is 10.4. The van der Waals surface area contributed by atoms with E-state index in [4.69, 9.17) is 14.0 Å². The van der Waals surface area contributed by atoms with E-state index < -0.39 is 0 Å². The Morgan fingerprint density at radius 1 is 1.05 bits per heavy atom. The summed E-state index contributed by atoms with van der Waals surface area (Å²) in [4.78, 5) is 29.1. The van der Waals surface area contributed by atoms with E-state index in [1.807, 2.05) is 30.3 Å². The molecule has 0 atom stereocenters. The van der Waals surface area contributed by atoms with Crippen LogP contribution in [0.15, 0.2) is 44.6 Å². The van der Waals surface area contributed by atoms with Crippen molar-refractivity contribution in [2.45, 2.75) is 53.9 Å². The zero-order chi connectivity index (χ0) is 25.2. The molecule has 1 aromatic carbocycles. The van der Waals surface area contributed by atoms with Crippen molar-refractivity contribution in [3.05, 3.63) is 36.1 Å². The van der Waals surface area contributed by atoms with Gasteiger partial charge in [0.05, 0.1) is 19.8 Å². The SMILES string of the molecule is O=C(NC12CC3CC(CC(C3)C1)C2)c1onc(OCCNC(=O)N2CCOCC2)c1Sc1ccccc1. The van der Waals surface area contributed by atoms with Crippen LogP contribution in [0.2, 0.25) is 0 Å². The molecule has 2 N–H and O–H groups in total. The highest BCUT2D eigenvalue weighted by Crippen LogP contribution is 2.55. The Bertz CT molecular complexity index is 1080. The fourth-order valence-corrected chi connectivity index (χ4v) is 7.88. The van der Waals surface area contributed by atoms with Gasteiger partial charge in [-0.15, -0.1) is 0 Å². The first-order valence-corrected chi connectivity index (χ1v) is 14.2. The topological polar surface area (TPSA) is 106 Å². The van der Waals surface area contributed by atoms with Crippen LogP contribution in [-0.2, 0) is 4.74 Å². The Morgan fingerprint density at radius 3 is 2.41 bits per heavy atom. The fourth-order valence-electron chi connectivity index (χ4n) is 6.95. The minimum absolute atomic E-state index is 0.127.